The highest BCUT2D eigenvalue weighted by Gasteiger charge is 2.25. The van der Waals surface area contributed by atoms with Crippen LogP contribution in [0.1, 0.15) is 16.1 Å². The van der Waals surface area contributed by atoms with Crippen LogP contribution in [0, 0.1) is 0 Å². The molecule has 0 atom stereocenters. The molecule has 2 fully saturated rings. The Balaban J connectivity index is 0.00000306. The van der Waals surface area contributed by atoms with E-state index in [1.165, 1.54) is 5.56 Å². The molecule has 0 radical (unpaired) electrons. The number of carbonyl (C=O) groups excluding carboxylic acids is 1. The normalized spacial score (nSPS) is 18.2. The van der Waals surface area contributed by atoms with Crippen molar-refractivity contribution in [3.05, 3.63) is 60.1 Å². The van der Waals surface area contributed by atoms with E-state index in [1.54, 1.807) is 18.4 Å². The van der Waals surface area contributed by atoms with Crippen LogP contribution in [0.5, 0.6) is 0 Å². The molecule has 180 valence electrons. The van der Waals surface area contributed by atoms with Gasteiger partial charge in [0.25, 0.3) is 5.91 Å². The van der Waals surface area contributed by atoms with Crippen LogP contribution in [-0.2, 0) is 6.54 Å². The standard InChI is InChI=1S/C24H34N6O2.HI/c1-25-24(30-17-15-29(16-18-30)23(31)22-8-5-19-32-22)26-9-10-27-11-13-28(14-12-27)20-21-6-3-2-4-7-21;/h2-8,19H,9-18,20H2,1H3,(H,25,26);1H. The van der Waals surface area contributed by atoms with Crippen molar-refractivity contribution < 1.29 is 9.21 Å². The zero-order chi connectivity index (χ0) is 22.2. The van der Waals surface area contributed by atoms with E-state index < -0.39 is 0 Å². The summed E-state index contributed by atoms with van der Waals surface area (Å²) in [4.78, 5) is 26.0. The second-order valence-corrected chi connectivity index (χ2v) is 8.33. The van der Waals surface area contributed by atoms with Crippen LogP contribution in [0.25, 0.3) is 0 Å². The molecule has 0 spiro atoms. The average molecular weight is 566 g/mol. The lowest BCUT2D eigenvalue weighted by Crippen LogP contribution is -2.54. The first-order valence-corrected chi connectivity index (χ1v) is 11.5. The molecule has 2 saturated heterocycles. The van der Waals surface area contributed by atoms with E-state index in [9.17, 15) is 4.79 Å². The number of furan rings is 1. The third-order valence-electron chi connectivity index (χ3n) is 6.24. The number of benzene rings is 1. The van der Waals surface area contributed by atoms with Crippen LogP contribution in [0.3, 0.4) is 0 Å². The van der Waals surface area contributed by atoms with Gasteiger partial charge < -0.3 is 19.5 Å². The molecule has 1 amide bonds. The third kappa shape index (κ3) is 7.18. The minimum Gasteiger partial charge on any atom is -0.459 e. The Bertz CT molecular complexity index is 860. The second-order valence-electron chi connectivity index (χ2n) is 8.33. The molecule has 2 aliphatic rings. The number of rotatable bonds is 6. The summed E-state index contributed by atoms with van der Waals surface area (Å²) in [7, 11) is 1.82. The molecule has 2 aliphatic heterocycles. The predicted molar refractivity (Wildman–Crippen MR) is 141 cm³/mol. The lowest BCUT2D eigenvalue weighted by Gasteiger charge is -2.37. The van der Waals surface area contributed by atoms with Gasteiger partial charge in [-0.3, -0.25) is 19.6 Å². The fourth-order valence-corrected chi connectivity index (χ4v) is 4.35. The monoisotopic (exact) mass is 566 g/mol. The second kappa shape index (κ2) is 13.0. The zero-order valence-corrected chi connectivity index (χ0v) is 21.7. The van der Waals surface area contributed by atoms with Crippen LogP contribution >= 0.6 is 24.0 Å². The highest BCUT2D eigenvalue weighted by molar-refractivity contribution is 14.0. The predicted octanol–water partition coefficient (Wildman–Crippen LogP) is 2.05. The highest BCUT2D eigenvalue weighted by Crippen LogP contribution is 2.10. The summed E-state index contributed by atoms with van der Waals surface area (Å²) in [5.74, 6) is 1.28. The van der Waals surface area contributed by atoms with Crippen molar-refractivity contribution >= 4 is 35.8 Å². The number of aliphatic imine (C=N–C) groups is 1. The van der Waals surface area contributed by atoms with Gasteiger partial charge in [0, 0.05) is 79.0 Å². The van der Waals surface area contributed by atoms with E-state index in [0.717, 1.165) is 64.9 Å². The molecule has 1 aromatic heterocycles. The van der Waals surface area contributed by atoms with Gasteiger partial charge in [0.05, 0.1) is 6.26 Å². The molecule has 8 nitrogen and oxygen atoms in total. The summed E-state index contributed by atoms with van der Waals surface area (Å²) in [6.45, 7) is 10.2. The molecule has 3 heterocycles. The van der Waals surface area contributed by atoms with Gasteiger partial charge >= 0.3 is 0 Å². The smallest absolute Gasteiger partial charge is 0.289 e. The summed E-state index contributed by atoms with van der Waals surface area (Å²) in [6.07, 6.45) is 1.54. The number of amides is 1. The SMILES string of the molecule is CN=C(NCCN1CCN(Cc2ccccc2)CC1)N1CCN(C(=O)c2ccco2)CC1.I. The number of halogens is 1. The lowest BCUT2D eigenvalue weighted by atomic mass is 10.2. The zero-order valence-electron chi connectivity index (χ0n) is 19.4. The first kappa shape index (κ1) is 25.5. The molecule has 9 heteroatoms. The van der Waals surface area contributed by atoms with E-state index in [2.05, 4.69) is 55.3 Å². The van der Waals surface area contributed by atoms with Crippen molar-refractivity contribution in [2.45, 2.75) is 6.54 Å². The summed E-state index contributed by atoms with van der Waals surface area (Å²) >= 11 is 0. The summed E-state index contributed by atoms with van der Waals surface area (Å²) < 4.78 is 5.24. The fourth-order valence-electron chi connectivity index (χ4n) is 4.35. The van der Waals surface area contributed by atoms with Crippen molar-refractivity contribution in [1.29, 1.82) is 0 Å². The van der Waals surface area contributed by atoms with Crippen molar-refractivity contribution in [1.82, 2.24) is 24.9 Å². The maximum atomic E-state index is 12.4. The number of guanidine groups is 1. The Kier molecular flexibility index (Phi) is 10.0. The Labute approximate surface area is 213 Å². The molecular formula is C24H35IN6O2. The quantitative estimate of drug-likeness (QED) is 0.328. The molecular weight excluding hydrogens is 531 g/mol. The van der Waals surface area contributed by atoms with Crippen LogP contribution in [0.4, 0.5) is 0 Å². The minimum absolute atomic E-state index is 0. The Hall–Kier alpha value is -2.11. The number of nitrogens with one attached hydrogen (secondary N) is 1. The molecule has 0 bridgehead atoms. The molecule has 1 N–H and O–H groups in total. The summed E-state index contributed by atoms with van der Waals surface area (Å²) in [5, 5.41) is 3.51. The van der Waals surface area contributed by atoms with E-state index in [1.807, 2.05) is 11.9 Å². The van der Waals surface area contributed by atoms with Gasteiger partial charge in [0.2, 0.25) is 0 Å². The molecule has 0 unspecified atom stereocenters. The maximum Gasteiger partial charge on any atom is 0.289 e. The van der Waals surface area contributed by atoms with Gasteiger partial charge in [0.1, 0.15) is 0 Å². The van der Waals surface area contributed by atoms with Gasteiger partial charge in [-0.25, -0.2) is 0 Å². The topological polar surface area (TPSA) is 67.6 Å². The number of hydrogen-bond acceptors (Lipinski definition) is 5. The molecule has 0 saturated carbocycles. The molecule has 4 rings (SSSR count). The summed E-state index contributed by atoms with van der Waals surface area (Å²) in [5.41, 5.74) is 1.39. The number of nitrogens with zero attached hydrogens (tertiary/aromatic N) is 5. The first-order chi connectivity index (χ1) is 15.7. The lowest BCUT2D eigenvalue weighted by molar-refractivity contribution is 0.0657. The Morgan fingerprint density at radius 2 is 1.58 bits per heavy atom. The maximum absolute atomic E-state index is 12.4. The van der Waals surface area contributed by atoms with Crippen molar-refractivity contribution in [3.63, 3.8) is 0 Å². The van der Waals surface area contributed by atoms with Crippen molar-refractivity contribution in [3.8, 4) is 0 Å². The first-order valence-electron chi connectivity index (χ1n) is 11.5. The van der Waals surface area contributed by atoms with Crippen LogP contribution in [0.2, 0.25) is 0 Å². The summed E-state index contributed by atoms with van der Waals surface area (Å²) in [6, 6.07) is 14.2. The van der Waals surface area contributed by atoms with Crippen LogP contribution < -0.4 is 5.32 Å². The molecule has 2 aromatic rings. The average Bonchev–Trinajstić information content (AvgIpc) is 3.38. The van der Waals surface area contributed by atoms with Crippen molar-refractivity contribution in [2.24, 2.45) is 4.99 Å². The number of piperazine rings is 2. The fraction of sp³-hybridized carbons (Fsp3) is 0.500. The van der Waals surface area contributed by atoms with Crippen LogP contribution in [0.15, 0.2) is 58.1 Å². The Morgan fingerprint density at radius 3 is 2.21 bits per heavy atom. The van der Waals surface area contributed by atoms with Crippen LogP contribution in [-0.4, -0.2) is 104 Å². The number of hydrogen-bond donors (Lipinski definition) is 1. The van der Waals surface area contributed by atoms with Gasteiger partial charge in [-0.1, -0.05) is 30.3 Å². The number of carbonyl (C=O) groups is 1. The Morgan fingerprint density at radius 1 is 0.909 bits per heavy atom. The van der Waals surface area contributed by atoms with E-state index in [-0.39, 0.29) is 29.9 Å². The van der Waals surface area contributed by atoms with Gasteiger partial charge in [-0.15, -0.1) is 24.0 Å². The van der Waals surface area contributed by atoms with Crippen molar-refractivity contribution in [2.75, 3.05) is 72.5 Å². The van der Waals surface area contributed by atoms with Gasteiger partial charge in [-0.2, -0.15) is 0 Å². The molecule has 0 aliphatic carbocycles. The molecule has 1 aromatic carbocycles. The van der Waals surface area contributed by atoms with Gasteiger partial charge in [0.15, 0.2) is 11.7 Å². The van der Waals surface area contributed by atoms with Gasteiger partial charge in [-0.05, 0) is 17.7 Å². The third-order valence-corrected chi connectivity index (χ3v) is 6.24. The molecule has 33 heavy (non-hydrogen) atoms. The van der Waals surface area contributed by atoms with E-state index >= 15 is 0 Å². The van der Waals surface area contributed by atoms with E-state index in [4.69, 9.17) is 4.42 Å². The highest BCUT2D eigenvalue weighted by atomic mass is 127. The largest absolute Gasteiger partial charge is 0.459 e. The minimum atomic E-state index is -0.0380. The van der Waals surface area contributed by atoms with E-state index in [0.29, 0.717) is 18.8 Å².